The second-order valence-corrected chi connectivity index (χ2v) is 17.4. The number of aliphatic hydroxyl groups is 1. The van der Waals surface area contributed by atoms with Crippen molar-refractivity contribution in [2.45, 2.75) is 147 Å². The SMILES string of the molecule is CO[C@](C)(C[C@@H](C)[C@H](O)C(C)=O)[C@H](O[C@@H]1O[C@H](C)C[C@H](N(C)C)[C@H]1OC(=O)c1ccccc1)[C@@H](C)[C@H](O[C@H]1C[C@@](C)(OC)[C@@H](OC(=O)c2ccccc2)[C@H](C)O1)[C@@H](C)C(=O)O. The molecule has 15 heteroatoms. The molecule has 4 rings (SSSR count). The van der Waals surface area contributed by atoms with Gasteiger partial charge in [-0.05, 0) is 98.7 Å². The van der Waals surface area contributed by atoms with Gasteiger partial charge in [0.25, 0.3) is 0 Å². The Balaban J connectivity index is 1.76. The van der Waals surface area contributed by atoms with Crippen LogP contribution in [0.1, 0.15) is 95.4 Å². The van der Waals surface area contributed by atoms with Crippen molar-refractivity contribution in [1.82, 2.24) is 4.90 Å². The molecule has 0 radical (unpaired) electrons. The smallest absolute Gasteiger partial charge is 0.338 e. The lowest BCUT2D eigenvalue weighted by molar-refractivity contribution is -0.318. The van der Waals surface area contributed by atoms with Crippen LogP contribution in [-0.2, 0) is 47.5 Å². The number of ether oxygens (including phenoxy) is 8. The summed E-state index contributed by atoms with van der Waals surface area (Å²) in [4.78, 5) is 54.1. The molecule has 2 fully saturated rings. The third-order valence-corrected chi connectivity index (χ3v) is 12.4. The maximum Gasteiger partial charge on any atom is 0.338 e. The van der Waals surface area contributed by atoms with Crippen molar-refractivity contribution in [3.8, 4) is 0 Å². The van der Waals surface area contributed by atoms with Gasteiger partial charge in [-0.2, -0.15) is 0 Å². The van der Waals surface area contributed by atoms with Gasteiger partial charge in [-0.15, -0.1) is 0 Å². The molecule has 0 aromatic heterocycles. The predicted octanol–water partition coefficient (Wildman–Crippen LogP) is 5.55. The minimum Gasteiger partial charge on any atom is -0.481 e. The zero-order valence-electron chi connectivity index (χ0n) is 37.6. The van der Waals surface area contributed by atoms with Crippen molar-refractivity contribution in [2.75, 3.05) is 28.3 Å². The van der Waals surface area contributed by atoms with Gasteiger partial charge in [0.05, 0.1) is 53.1 Å². The van der Waals surface area contributed by atoms with Gasteiger partial charge < -0.3 is 53.0 Å². The molecular formula is C46H67NO14. The maximum atomic E-state index is 13.6. The molecule has 0 amide bonds. The summed E-state index contributed by atoms with van der Waals surface area (Å²) in [5, 5.41) is 21.5. The van der Waals surface area contributed by atoms with E-state index in [1.165, 1.54) is 28.1 Å². The number of aliphatic carboxylic acids is 1. The lowest BCUT2D eigenvalue weighted by Crippen LogP contribution is -2.61. The van der Waals surface area contributed by atoms with E-state index in [1.807, 2.05) is 25.9 Å². The number of hydrogen-bond acceptors (Lipinski definition) is 14. The third kappa shape index (κ3) is 12.2. The Hall–Kier alpha value is -3.80. The fourth-order valence-electron chi connectivity index (χ4n) is 8.71. The summed E-state index contributed by atoms with van der Waals surface area (Å²) in [6.07, 6.45) is -8.09. The summed E-state index contributed by atoms with van der Waals surface area (Å²) in [6.45, 7) is 13.5. The van der Waals surface area contributed by atoms with E-state index in [9.17, 15) is 29.4 Å². The highest BCUT2D eigenvalue weighted by atomic mass is 16.7. The zero-order valence-corrected chi connectivity index (χ0v) is 37.6. The van der Waals surface area contributed by atoms with Crippen molar-refractivity contribution >= 4 is 23.7 Å². The Bertz CT molecular complexity index is 1750. The van der Waals surface area contributed by atoms with Gasteiger partial charge in [0, 0.05) is 26.6 Å². The summed E-state index contributed by atoms with van der Waals surface area (Å²) in [6, 6.07) is 16.8. The number of esters is 2. The fraction of sp³-hybridized carbons (Fsp3) is 0.652. The van der Waals surface area contributed by atoms with Gasteiger partial charge in [-0.1, -0.05) is 50.2 Å². The number of methoxy groups -OCH3 is 2. The number of hydrogen-bond donors (Lipinski definition) is 2. The van der Waals surface area contributed by atoms with E-state index >= 15 is 0 Å². The second kappa shape index (κ2) is 21.5. The Labute approximate surface area is 360 Å². The highest BCUT2D eigenvalue weighted by Gasteiger charge is 2.53. The molecule has 0 spiro atoms. The number of likely N-dealkylation sites (N-methyl/N-ethyl adjacent to an activating group) is 1. The highest BCUT2D eigenvalue weighted by Crippen LogP contribution is 2.41. The normalized spacial score (nSPS) is 29.6. The quantitative estimate of drug-likeness (QED) is 0.158. The molecule has 2 saturated heterocycles. The summed E-state index contributed by atoms with van der Waals surface area (Å²) in [5.41, 5.74) is -1.76. The number of ketones is 1. The van der Waals surface area contributed by atoms with Gasteiger partial charge in [0.1, 0.15) is 11.7 Å². The fourth-order valence-corrected chi connectivity index (χ4v) is 8.71. The number of nitrogens with zero attached hydrogens (tertiary/aromatic N) is 1. The van der Waals surface area contributed by atoms with Crippen molar-refractivity contribution in [2.24, 2.45) is 17.8 Å². The molecule has 2 aromatic rings. The van der Waals surface area contributed by atoms with Crippen molar-refractivity contribution in [1.29, 1.82) is 0 Å². The van der Waals surface area contributed by atoms with Gasteiger partial charge >= 0.3 is 17.9 Å². The van der Waals surface area contributed by atoms with E-state index in [1.54, 1.807) is 95.3 Å². The lowest BCUT2D eigenvalue weighted by Gasteiger charge is -2.50. The van der Waals surface area contributed by atoms with E-state index in [0.717, 1.165) is 0 Å². The average Bonchev–Trinajstić information content (AvgIpc) is 3.23. The Morgan fingerprint density at radius 1 is 0.902 bits per heavy atom. The monoisotopic (exact) mass is 857 g/mol. The van der Waals surface area contributed by atoms with Crippen molar-refractivity contribution < 1.29 is 67.3 Å². The maximum absolute atomic E-state index is 13.6. The summed E-state index contributed by atoms with van der Waals surface area (Å²) in [5.74, 6) is -5.36. The van der Waals surface area contributed by atoms with Crippen LogP contribution >= 0.6 is 0 Å². The molecular weight excluding hydrogens is 790 g/mol. The largest absolute Gasteiger partial charge is 0.481 e. The first-order chi connectivity index (χ1) is 28.7. The number of carbonyl (C=O) groups excluding carboxylic acids is 3. The van der Waals surface area contributed by atoms with E-state index in [4.69, 9.17) is 37.9 Å². The Morgan fingerprint density at radius 2 is 1.46 bits per heavy atom. The Morgan fingerprint density at radius 3 is 1.95 bits per heavy atom. The van der Waals surface area contributed by atoms with Crippen LogP contribution in [0.15, 0.2) is 60.7 Å². The summed E-state index contributed by atoms with van der Waals surface area (Å²) < 4.78 is 51.0. The third-order valence-electron chi connectivity index (χ3n) is 12.4. The van der Waals surface area contributed by atoms with Crippen LogP contribution in [-0.4, -0.2) is 140 Å². The molecule has 0 bridgehead atoms. The van der Waals surface area contributed by atoms with Crippen molar-refractivity contribution in [3.05, 3.63) is 71.8 Å². The van der Waals surface area contributed by atoms with Crippen LogP contribution in [0.5, 0.6) is 0 Å². The van der Waals surface area contributed by atoms with Crippen LogP contribution in [0.2, 0.25) is 0 Å². The molecule has 15 atom stereocenters. The number of benzene rings is 2. The zero-order chi connectivity index (χ0) is 45.4. The molecule has 340 valence electrons. The standard InChI is InChI=1S/C46H67NO14/c1-26(36(49)30(5)48)24-45(7,54-11)39(61-44-38(34(47(9)10)23-27(2)56-44)59-42(52)32-19-15-13-16-20-32)28(3)37(29(4)41(50)51)58-35-25-46(8,55-12)40(31(6)57-35)60-43(53)33-21-17-14-18-22-33/h13-22,26-29,31,34-40,44,49H,23-25H2,1-12H3,(H,50,51)/t26-,27-,28+,29-,31+,34+,35+,36+,37+,38-,39-,40+,44+,45-,46-/m1/s1. The van der Waals surface area contributed by atoms with Crippen molar-refractivity contribution in [3.63, 3.8) is 0 Å². The van der Waals surface area contributed by atoms with E-state index in [0.29, 0.717) is 17.5 Å². The number of carboxylic acid groups (broad SMARTS) is 1. The molecule has 61 heavy (non-hydrogen) atoms. The molecule has 0 saturated carbocycles. The van der Waals surface area contributed by atoms with Gasteiger partial charge in [-0.25, -0.2) is 9.59 Å². The topological polar surface area (TPSA) is 186 Å². The summed E-state index contributed by atoms with van der Waals surface area (Å²) in [7, 11) is 6.71. The number of rotatable bonds is 20. The first kappa shape index (κ1) is 49.9. The molecule has 2 heterocycles. The van der Waals surface area contributed by atoms with E-state index < -0.39 is 102 Å². The van der Waals surface area contributed by atoms with E-state index in [-0.39, 0.29) is 25.0 Å². The van der Waals surface area contributed by atoms with Crippen LogP contribution in [0.3, 0.4) is 0 Å². The van der Waals surface area contributed by atoms with Gasteiger partial charge in [0.15, 0.2) is 30.6 Å². The summed E-state index contributed by atoms with van der Waals surface area (Å²) >= 11 is 0. The van der Waals surface area contributed by atoms with Crippen LogP contribution in [0.4, 0.5) is 0 Å². The van der Waals surface area contributed by atoms with Crippen LogP contribution < -0.4 is 0 Å². The molecule has 0 unspecified atom stereocenters. The first-order valence-corrected chi connectivity index (χ1v) is 21.0. The Kier molecular flexibility index (Phi) is 17.6. The van der Waals surface area contributed by atoms with Gasteiger partial charge in [0.2, 0.25) is 0 Å². The lowest BCUT2D eigenvalue weighted by atomic mass is 9.76. The molecule has 2 aromatic carbocycles. The van der Waals surface area contributed by atoms with Crippen LogP contribution in [0, 0.1) is 17.8 Å². The molecule has 2 aliphatic heterocycles. The molecule has 2 aliphatic rings. The second-order valence-electron chi connectivity index (χ2n) is 17.4. The minimum absolute atomic E-state index is 0.0519. The van der Waals surface area contributed by atoms with Crippen LogP contribution in [0.25, 0.3) is 0 Å². The molecule has 15 nitrogen and oxygen atoms in total. The molecule has 2 N–H and O–H groups in total. The van der Waals surface area contributed by atoms with Gasteiger partial charge in [-0.3, -0.25) is 9.59 Å². The predicted molar refractivity (Wildman–Crippen MR) is 224 cm³/mol. The molecule has 0 aliphatic carbocycles. The van der Waals surface area contributed by atoms with E-state index in [2.05, 4.69) is 0 Å². The minimum atomic E-state index is -1.33. The number of carbonyl (C=O) groups is 4. The first-order valence-electron chi connectivity index (χ1n) is 21.0. The highest BCUT2D eigenvalue weighted by molar-refractivity contribution is 5.90. The number of aliphatic hydroxyl groups excluding tert-OH is 1. The average molecular weight is 858 g/mol. The number of Topliss-reactive ketones (excluding diaryl/α,β-unsaturated/α-hetero) is 1. The number of carboxylic acids is 1.